The van der Waals surface area contributed by atoms with Crippen LogP contribution in [0.1, 0.15) is 76.3 Å². The molecule has 4 fully saturated rings. The molecule has 220 valence electrons. The van der Waals surface area contributed by atoms with E-state index in [4.69, 9.17) is 15.2 Å². The van der Waals surface area contributed by atoms with Crippen molar-refractivity contribution in [2.45, 2.75) is 101 Å². The molecule has 3 heterocycles. The molecule has 1 aliphatic carbocycles. The fourth-order valence-electron chi connectivity index (χ4n) is 7.01. The van der Waals surface area contributed by atoms with Crippen LogP contribution in [0.5, 0.6) is 0 Å². The Bertz CT molecular complexity index is 1120. The molecule has 2 unspecified atom stereocenters. The van der Waals surface area contributed by atoms with E-state index in [9.17, 15) is 14.4 Å². The summed E-state index contributed by atoms with van der Waals surface area (Å²) in [5.74, 6) is -1.37. The number of nitrogens with two attached hydrogens (primary N) is 1. The summed E-state index contributed by atoms with van der Waals surface area (Å²) < 4.78 is 26.5. The van der Waals surface area contributed by atoms with E-state index in [1.54, 1.807) is 32.9 Å². The monoisotopic (exact) mass is 558 g/mol. The van der Waals surface area contributed by atoms with E-state index in [0.29, 0.717) is 11.6 Å². The van der Waals surface area contributed by atoms with Gasteiger partial charge < -0.3 is 20.5 Å². The Hall–Kier alpha value is -2.72. The van der Waals surface area contributed by atoms with Gasteiger partial charge in [-0.25, -0.2) is 9.18 Å². The van der Waals surface area contributed by atoms with Crippen LogP contribution in [0.2, 0.25) is 0 Å². The first-order chi connectivity index (χ1) is 19.0. The summed E-state index contributed by atoms with van der Waals surface area (Å²) in [6.45, 7) is 8.83. The zero-order valence-electron chi connectivity index (χ0n) is 23.9. The van der Waals surface area contributed by atoms with Crippen LogP contribution >= 0.6 is 0 Å². The fourth-order valence-corrected chi connectivity index (χ4v) is 7.01. The number of primary amides is 1. The third-order valence-electron chi connectivity index (χ3n) is 8.97. The quantitative estimate of drug-likeness (QED) is 0.532. The van der Waals surface area contributed by atoms with Crippen LogP contribution in [0.25, 0.3) is 0 Å². The smallest absolute Gasteiger partial charge is 0.411 e. The van der Waals surface area contributed by atoms with Gasteiger partial charge in [-0.1, -0.05) is 12.1 Å². The molecular formula is C30H43FN4O5. The van der Waals surface area contributed by atoms with Crippen molar-refractivity contribution in [1.29, 1.82) is 0 Å². The standard InChI is InChI=1S/C30H43FN4O5/c1-30(2,3)40-29(38)35-22-9-8-20(13-22)26(35)28(37)33-25(27(32)36)15-19-7-6-18(14-24(19)31)21-5-4-11-34(16-21)23-10-12-39-17-23/h6-7,14,20-23,25-26H,4-5,8-13,15-17H2,1-3H3,(H2,32,36)(H,33,37)/t20-,21?,22+,23?,25-,26-/m0/s1. The number of nitrogens with one attached hydrogen (secondary N) is 1. The molecule has 3 aliphatic heterocycles. The minimum Gasteiger partial charge on any atom is -0.444 e. The second-order valence-electron chi connectivity index (χ2n) is 12.9. The number of halogens is 1. The van der Waals surface area contributed by atoms with Crippen LogP contribution < -0.4 is 11.1 Å². The van der Waals surface area contributed by atoms with E-state index >= 15 is 4.39 Å². The normalized spacial score (nSPS) is 29.4. The number of ether oxygens (including phenoxy) is 2. The van der Waals surface area contributed by atoms with Crippen LogP contribution in [0.15, 0.2) is 18.2 Å². The predicted molar refractivity (Wildman–Crippen MR) is 147 cm³/mol. The third kappa shape index (κ3) is 6.28. The molecule has 10 heteroatoms. The number of nitrogens with zero attached hydrogens (tertiary/aromatic N) is 2. The second-order valence-corrected chi connectivity index (χ2v) is 12.9. The molecule has 1 saturated carbocycles. The molecule has 1 aromatic rings. The van der Waals surface area contributed by atoms with Crippen molar-refractivity contribution in [3.63, 3.8) is 0 Å². The molecule has 1 aromatic carbocycles. The molecule has 4 aliphatic rings. The van der Waals surface area contributed by atoms with Gasteiger partial charge >= 0.3 is 6.09 Å². The van der Waals surface area contributed by atoms with Gasteiger partial charge in [-0.05, 0) is 94.9 Å². The zero-order valence-corrected chi connectivity index (χ0v) is 23.9. The third-order valence-corrected chi connectivity index (χ3v) is 8.97. The maximum Gasteiger partial charge on any atom is 0.411 e. The number of piperidine rings is 2. The highest BCUT2D eigenvalue weighted by Gasteiger charge is 2.52. The van der Waals surface area contributed by atoms with Crippen molar-refractivity contribution < 1.29 is 28.2 Å². The Balaban J connectivity index is 1.25. The number of carbonyl (C=O) groups excluding carboxylic acids is 3. The van der Waals surface area contributed by atoms with Crippen molar-refractivity contribution in [2.75, 3.05) is 26.3 Å². The van der Waals surface area contributed by atoms with Gasteiger partial charge in [0.25, 0.3) is 0 Å². The Morgan fingerprint density at radius 1 is 1.18 bits per heavy atom. The lowest BCUT2D eigenvalue weighted by Crippen LogP contribution is -2.57. The number of carbonyl (C=O) groups is 3. The van der Waals surface area contributed by atoms with E-state index in [0.717, 1.165) is 70.4 Å². The predicted octanol–water partition coefficient (Wildman–Crippen LogP) is 3.09. The molecule has 9 nitrogen and oxygen atoms in total. The molecule has 3 saturated heterocycles. The first kappa shape index (κ1) is 28.8. The first-order valence-corrected chi connectivity index (χ1v) is 14.7. The van der Waals surface area contributed by atoms with Crippen LogP contribution in [0, 0.1) is 11.7 Å². The molecule has 5 rings (SSSR count). The summed E-state index contributed by atoms with van der Waals surface area (Å²) >= 11 is 0. The molecule has 0 aromatic heterocycles. The summed E-state index contributed by atoms with van der Waals surface area (Å²) in [7, 11) is 0. The summed E-state index contributed by atoms with van der Waals surface area (Å²) in [6, 6.07) is 3.74. The number of amides is 3. The zero-order chi connectivity index (χ0) is 28.6. The van der Waals surface area contributed by atoms with Gasteiger partial charge in [0.05, 0.1) is 6.61 Å². The molecule has 3 amide bonds. The summed E-state index contributed by atoms with van der Waals surface area (Å²) in [6.07, 6.45) is 4.88. The Morgan fingerprint density at radius 2 is 1.98 bits per heavy atom. The van der Waals surface area contributed by atoms with Gasteiger partial charge in [-0.15, -0.1) is 0 Å². The number of hydrogen-bond donors (Lipinski definition) is 2. The molecule has 3 N–H and O–H groups in total. The van der Waals surface area contributed by atoms with E-state index < -0.39 is 41.4 Å². The maximum atomic E-state index is 15.3. The summed E-state index contributed by atoms with van der Waals surface area (Å²) in [5.41, 5.74) is 6.23. The lowest BCUT2D eigenvalue weighted by molar-refractivity contribution is -0.132. The average Bonchev–Trinajstić information content (AvgIpc) is 3.66. The number of fused-ring (bicyclic) bond motifs is 2. The number of likely N-dealkylation sites (tertiary alicyclic amines) is 2. The average molecular weight is 559 g/mol. The maximum absolute atomic E-state index is 15.3. The number of hydrogen-bond acceptors (Lipinski definition) is 6. The highest BCUT2D eigenvalue weighted by atomic mass is 19.1. The largest absolute Gasteiger partial charge is 0.444 e. The van der Waals surface area contributed by atoms with Gasteiger partial charge in [0, 0.05) is 31.7 Å². The Labute approximate surface area is 235 Å². The highest BCUT2D eigenvalue weighted by Crippen LogP contribution is 2.43. The Morgan fingerprint density at radius 3 is 2.65 bits per heavy atom. The molecule has 0 spiro atoms. The van der Waals surface area contributed by atoms with Crippen LogP contribution in [-0.4, -0.2) is 83.8 Å². The van der Waals surface area contributed by atoms with Gasteiger partial charge in [0.2, 0.25) is 11.8 Å². The van der Waals surface area contributed by atoms with Crippen molar-refractivity contribution in [1.82, 2.24) is 15.1 Å². The van der Waals surface area contributed by atoms with Crippen LogP contribution in [-0.2, 0) is 25.5 Å². The molecule has 2 bridgehead atoms. The van der Waals surface area contributed by atoms with Crippen LogP contribution in [0.4, 0.5) is 9.18 Å². The van der Waals surface area contributed by atoms with Crippen LogP contribution in [0.3, 0.4) is 0 Å². The van der Waals surface area contributed by atoms with E-state index in [1.165, 1.54) is 4.90 Å². The highest BCUT2D eigenvalue weighted by molar-refractivity contribution is 5.91. The summed E-state index contributed by atoms with van der Waals surface area (Å²) in [5, 5.41) is 2.73. The van der Waals surface area contributed by atoms with Crippen molar-refractivity contribution >= 4 is 17.9 Å². The van der Waals surface area contributed by atoms with Gasteiger partial charge in [-0.3, -0.25) is 19.4 Å². The molecule has 6 atom stereocenters. The summed E-state index contributed by atoms with van der Waals surface area (Å²) in [4.78, 5) is 42.7. The van der Waals surface area contributed by atoms with Crippen molar-refractivity contribution in [2.24, 2.45) is 11.7 Å². The second kappa shape index (κ2) is 11.6. The Kier molecular flexibility index (Phi) is 8.38. The number of rotatable bonds is 7. The van der Waals surface area contributed by atoms with E-state index in [1.807, 2.05) is 6.07 Å². The fraction of sp³-hybridized carbons (Fsp3) is 0.700. The topological polar surface area (TPSA) is 114 Å². The van der Waals surface area contributed by atoms with Crippen molar-refractivity contribution in [3.8, 4) is 0 Å². The van der Waals surface area contributed by atoms with Gasteiger partial charge in [0.1, 0.15) is 23.5 Å². The minimum atomic E-state index is -1.10. The molecule has 0 radical (unpaired) electrons. The molecule has 40 heavy (non-hydrogen) atoms. The minimum absolute atomic E-state index is 0.00656. The van der Waals surface area contributed by atoms with Gasteiger partial charge in [-0.2, -0.15) is 0 Å². The lowest BCUT2D eigenvalue weighted by atomic mass is 9.88. The first-order valence-electron chi connectivity index (χ1n) is 14.7. The SMILES string of the molecule is CC(C)(C)OC(=O)N1[C@@H]2CC[C@@H](C2)[C@H]1C(=O)N[C@@H](Cc1ccc(C2CCCN(C3CCOC3)C2)cc1F)C(N)=O. The van der Waals surface area contributed by atoms with Crippen molar-refractivity contribution in [3.05, 3.63) is 35.1 Å². The van der Waals surface area contributed by atoms with E-state index in [-0.39, 0.29) is 24.3 Å². The molecular weight excluding hydrogens is 515 g/mol. The number of benzene rings is 1. The van der Waals surface area contributed by atoms with E-state index in [2.05, 4.69) is 10.2 Å². The van der Waals surface area contributed by atoms with Gasteiger partial charge in [0.15, 0.2) is 0 Å². The lowest BCUT2D eigenvalue weighted by Gasteiger charge is -2.36.